The third-order valence-electron chi connectivity index (χ3n) is 3.08. The lowest BCUT2D eigenvalue weighted by Gasteiger charge is -2.11. The van der Waals surface area contributed by atoms with Gasteiger partial charge < -0.3 is 0 Å². The minimum absolute atomic E-state index is 0.0147. The van der Waals surface area contributed by atoms with E-state index < -0.39 is 15.7 Å². The number of nitriles is 1. The van der Waals surface area contributed by atoms with Crippen LogP contribution in [-0.4, -0.2) is 14.2 Å². The van der Waals surface area contributed by atoms with Gasteiger partial charge in [-0.15, -0.1) is 0 Å². The quantitative estimate of drug-likeness (QED) is 0.773. The molecule has 0 aliphatic heterocycles. The van der Waals surface area contributed by atoms with Gasteiger partial charge in [0.15, 0.2) is 9.84 Å². The summed E-state index contributed by atoms with van der Waals surface area (Å²) in [7, 11) is -3.41. The molecular formula is C12H12FNO2S. The number of halogens is 1. The van der Waals surface area contributed by atoms with Gasteiger partial charge in [0.05, 0.1) is 16.7 Å². The van der Waals surface area contributed by atoms with Crippen molar-refractivity contribution in [2.24, 2.45) is 5.41 Å². The summed E-state index contributed by atoms with van der Waals surface area (Å²) >= 11 is 0. The van der Waals surface area contributed by atoms with E-state index in [9.17, 15) is 12.8 Å². The van der Waals surface area contributed by atoms with Gasteiger partial charge in [0.2, 0.25) is 0 Å². The third-order valence-corrected chi connectivity index (χ3v) is 5.06. The molecule has 0 amide bonds. The highest BCUT2D eigenvalue weighted by molar-refractivity contribution is 7.91. The van der Waals surface area contributed by atoms with Gasteiger partial charge in [0.25, 0.3) is 0 Å². The minimum atomic E-state index is -3.41. The van der Waals surface area contributed by atoms with Crippen molar-refractivity contribution < 1.29 is 12.8 Å². The molecule has 90 valence electrons. The standard InChI is InChI=1S/C12H12FNO2S/c13-10-1-3-11(4-2-10)17(15,16)9-12(5-6-12)7-8-14/h1-4H,5-7,9H2. The molecule has 2 rings (SSSR count). The number of hydrogen-bond acceptors (Lipinski definition) is 3. The van der Waals surface area contributed by atoms with Crippen molar-refractivity contribution in [1.29, 1.82) is 5.26 Å². The Morgan fingerprint density at radius 3 is 2.35 bits per heavy atom. The highest BCUT2D eigenvalue weighted by Crippen LogP contribution is 2.50. The second-order valence-electron chi connectivity index (χ2n) is 4.55. The van der Waals surface area contributed by atoms with Crippen molar-refractivity contribution in [2.75, 3.05) is 5.75 Å². The van der Waals surface area contributed by atoms with Crippen LogP contribution in [0.4, 0.5) is 4.39 Å². The fourth-order valence-electron chi connectivity index (χ4n) is 1.84. The van der Waals surface area contributed by atoms with E-state index in [0.717, 1.165) is 25.0 Å². The average Bonchev–Trinajstić information content (AvgIpc) is 2.98. The van der Waals surface area contributed by atoms with Gasteiger partial charge >= 0.3 is 0 Å². The molecule has 1 aliphatic carbocycles. The van der Waals surface area contributed by atoms with Crippen molar-refractivity contribution in [3.05, 3.63) is 30.1 Å². The fraction of sp³-hybridized carbons (Fsp3) is 0.417. The molecule has 1 aromatic rings. The number of nitrogens with zero attached hydrogens (tertiary/aromatic N) is 1. The first kappa shape index (κ1) is 12.1. The smallest absolute Gasteiger partial charge is 0.178 e. The van der Waals surface area contributed by atoms with E-state index in [1.54, 1.807) is 0 Å². The molecule has 0 spiro atoms. The molecule has 0 unspecified atom stereocenters. The highest BCUT2D eigenvalue weighted by Gasteiger charge is 2.46. The summed E-state index contributed by atoms with van der Waals surface area (Å²) in [5.41, 5.74) is -0.359. The van der Waals surface area contributed by atoms with E-state index in [-0.39, 0.29) is 22.5 Å². The molecule has 1 fully saturated rings. The van der Waals surface area contributed by atoms with Crippen LogP contribution in [0.3, 0.4) is 0 Å². The molecule has 0 heterocycles. The maximum absolute atomic E-state index is 12.7. The van der Waals surface area contributed by atoms with Gasteiger partial charge in [-0.25, -0.2) is 12.8 Å². The van der Waals surface area contributed by atoms with Crippen molar-refractivity contribution in [3.8, 4) is 6.07 Å². The molecule has 1 saturated carbocycles. The lowest BCUT2D eigenvalue weighted by molar-refractivity contribution is 0.547. The predicted molar refractivity (Wildman–Crippen MR) is 60.3 cm³/mol. The van der Waals surface area contributed by atoms with Crippen LogP contribution in [-0.2, 0) is 9.84 Å². The Kier molecular flexibility index (Phi) is 2.92. The Hall–Kier alpha value is -1.41. The summed E-state index contributed by atoms with van der Waals surface area (Å²) in [4.78, 5) is 0.128. The van der Waals surface area contributed by atoms with Crippen LogP contribution in [0.25, 0.3) is 0 Å². The fourth-order valence-corrected chi connectivity index (χ4v) is 3.76. The molecule has 0 bridgehead atoms. The zero-order valence-corrected chi connectivity index (χ0v) is 10.0. The molecule has 0 radical (unpaired) electrons. The third kappa shape index (κ3) is 2.64. The second-order valence-corrected chi connectivity index (χ2v) is 6.54. The van der Waals surface area contributed by atoms with Crippen LogP contribution < -0.4 is 0 Å². The minimum Gasteiger partial charge on any atom is -0.224 e. The first-order valence-corrected chi connectivity index (χ1v) is 6.98. The molecular weight excluding hydrogens is 241 g/mol. The maximum atomic E-state index is 12.7. The molecule has 17 heavy (non-hydrogen) atoms. The summed E-state index contributed by atoms with van der Waals surface area (Å²) in [5.74, 6) is -0.471. The summed E-state index contributed by atoms with van der Waals surface area (Å²) < 4.78 is 36.8. The van der Waals surface area contributed by atoms with E-state index in [2.05, 4.69) is 0 Å². The van der Waals surface area contributed by atoms with Crippen LogP contribution in [0.2, 0.25) is 0 Å². The summed E-state index contributed by atoms with van der Waals surface area (Å²) in [6.45, 7) is 0. The van der Waals surface area contributed by atoms with E-state index in [1.165, 1.54) is 12.1 Å². The molecule has 0 atom stereocenters. The topological polar surface area (TPSA) is 57.9 Å². The van der Waals surface area contributed by atoms with Gasteiger partial charge in [-0.2, -0.15) is 5.26 Å². The van der Waals surface area contributed by atoms with Crippen LogP contribution in [0.15, 0.2) is 29.2 Å². The highest BCUT2D eigenvalue weighted by atomic mass is 32.2. The summed E-state index contributed by atoms with van der Waals surface area (Å²) in [6.07, 6.45) is 1.83. The Morgan fingerprint density at radius 1 is 1.29 bits per heavy atom. The lowest BCUT2D eigenvalue weighted by atomic mass is 10.1. The molecule has 0 N–H and O–H groups in total. The van der Waals surface area contributed by atoms with E-state index in [4.69, 9.17) is 5.26 Å². The molecule has 5 heteroatoms. The summed E-state index contributed by atoms with van der Waals surface area (Å²) in [6, 6.07) is 6.84. The molecule has 3 nitrogen and oxygen atoms in total. The van der Waals surface area contributed by atoms with Gasteiger partial charge in [-0.05, 0) is 42.5 Å². The van der Waals surface area contributed by atoms with Crippen molar-refractivity contribution >= 4 is 9.84 Å². The molecule has 0 saturated heterocycles. The van der Waals surface area contributed by atoms with Crippen molar-refractivity contribution in [3.63, 3.8) is 0 Å². The van der Waals surface area contributed by atoms with Crippen LogP contribution in [0.1, 0.15) is 19.3 Å². The predicted octanol–water partition coefficient (Wildman–Crippen LogP) is 2.29. The van der Waals surface area contributed by atoms with E-state index >= 15 is 0 Å². The SMILES string of the molecule is N#CCC1(CS(=O)(=O)c2ccc(F)cc2)CC1. The molecule has 1 aromatic carbocycles. The van der Waals surface area contributed by atoms with Crippen molar-refractivity contribution in [2.45, 2.75) is 24.2 Å². The molecule has 0 aromatic heterocycles. The lowest BCUT2D eigenvalue weighted by Crippen LogP contribution is -2.17. The number of hydrogen-bond donors (Lipinski definition) is 0. The Morgan fingerprint density at radius 2 is 1.88 bits per heavy atom. The summed E-state index contributed by atoms with van der Waals surface area (Å²) in [5, 5.41) is 8.65. The average molecular weight is 253 g/mol. The zero-order chi connectivity index (χ0) is 12.5. The maximum Gasteiger partial charge on any atom is 0.178 e. The van der Waals surface area contributed by atoms with Gasteiger partial charge in [-0.1, -0.05) is 0 Å². The van der Waals surface area contributed by atoms with Crippen LogP contribution in [0, 0.1) is 22.6 Å². The van der Waals surface area contributed by atoms with E-state index in [1.807, 2.05) is 6.07 Å². The zero-order valence-electron chi connectivity index (χ0n) is 9.19. The van der Waals surface area contributed by atoms with Gasteiger partial charge in [-0.3, -0.25) is 0 Å². The number of benzene rings is 1. The second kappa shape index (κ2) is 4.11. The monoisotopic (exact) mass is 253 g/mol. The Bertz CT molecular complexity index is 553. The Balaban J connectivity index is 2.20. The molecule has 1 aliphatic rings. The van der Waals surface area contributed by atoms with Crippen molar-refractivity contribution in [1.82, 2.24) is 0 Å². The largest absolute Gasteiger partial charge is 0.224 e. The number of sulfone groups is 1. The van der Waals surface area contributed by atoms with Crippen LogP contribution >= 0.6 is 0 Å². The first-order chi connectivity index (χ1) is 7.97. The van der Waals surface area contributed by atoms with Crippen LogP contribution in [0.5, 0.6) is 0 Å². The van der Waals surface area contributed by atoms with Gasteiger partial charge in [0.1, 0.15) is 5.82 Å². The normalized spacial score (nSPS) is 17.4. The number of rotatable bonds is 4. The Labute approximate surface area is 99.8 Å². The first-order valence-electron chi connectivity index (χ1n) is 5.33. The van der Waals surface area contributed by atoms with Gasteiger partial charge in [0, 0.05) is 6.42 Å². The van der Waals surface area contributed by atoms with E-state index in [0.29, 0.717) is 0 Å².